The third kappa shape index (κ3) is 3.99. The van der Waals surface area contributed by atoms with Crippen LogP contribution in [0.3, 0.4) is 0 Å². The minimum Gasteiger partial charge on any atom is -0.468 e. The molecule has 0 spiro atoms. The molecule has 2 heterocycles. The lowest BCUT2D eigenvalue weighted by atomic mass is 10.2. The van der Waals surface area contributed by atoms with E-state index in [0.29, 0.717) is 21.7 Å². The normalized spacial score (nSPS) is 11.5. The van der Waals surface area contributed by atoms with E-state index < -0.39 is 30.2 Å². The molecule has 0 saturated carbocycles. The average Bonchev–Trinajstić information content (AvgIpc) is 3.29. The molecule has 0 radical (unpaired) electrons. The van der Waals surface area contributed by atoms with Gasteiger partial charge in [0.15, 0.2) is 12.5 Å². The molecule has 148 valence electrons. The van der Waals surface area contributed by atoms with Crippen LogP contribution in [-0.2, 0) is 10.9 Å². The first-order valence-electron chi connectivity index (χ1n) is 7.97. The van der Waals surface area contributed by atoms with Crippen LogP contribution in [0, 0.1) is 0 Å². The van der Waals surface area contributed by atoms with Crippen molar-refractivity contribution in [3.63, 3.8) is 0 Å². The SMILES string of the molecule is CCOC(=O)c1cnn(-c2nc(-c3cccc(OCO)c3)cs2)c1C(F)(F)F. The maximum Gasteiger partial charge on any atom is 0.434 e. The molecule has 2 aromatic heterocycles. The van der Waals surface area contributed by atoms with Crippen LogP contribution in [0.1, 0.15) is 23.0 Å². The van der Waals surface area contributed by atoms with Crippen molar-refractivity contribution in [2.45, 2.75) is 13.1 Å². The molecule has 1 aromatic carbocycles. The molecule has 0 aliphatic heterocycles. The van der Waals surface area contributed by atoms with Crippen LogP contribution in [0.2, 0.25) is 0 Å². The quantitative estimate of drug-likeness (QED) is 0.492. The maximum absolute atomic E-state index is 13.6. The highest BCUT2D eigenvalue weighted by Crippen LogP contribution is 2.35. The van der Waals surface area contributed by atoms with E-state index in [0.717, 1.165) is 17.5 Å². The minimum absolute atomic E-state index is 0.0606. The first-order chi connectivity index (χ1) is 13.3. The van der Waals surface area contributed by atoms with E-state index in [9.17, 15) is 18.0 Å². The Hall–Kier alpha value is -2.92. The summed E-state index contributed by atoms with van der Waals surface area (Å²) < 4.78 is 50.9. The van der Waals surface area contributed by atoms with E-state index >= 15 is 0 Å². The van der Waals surface area contributed by atoms with Crippen molar-refractivity contribution < 1.29 is 32.5 Å². The standard InChI is InChI=1S/C17H14F3N3O4S/c1-2-26-15(25)12-7-21-23(14(12)17(18,19)20)16-22-13(8-28-16)10-4-3-5-11(6-10)27-9-24/h3-8,24H,2,9H2,1H3. The van der Waals surface area contributed by atoms with Gasteiger partial charge in [-0.25, -0.2) is 14.5 Å². The number of rotatable bonds is 6. The monoisotopic (exact) mass is 413 g/mol. The van der Waals surface area contributed by atoms with E-state index in [1.165, 1.54) is 6.92 Å². The van der Waals surface area contributed by atoms with Crippen molar-refractivity contribution in [1.82, 2.24) is 14.8 Å². The molecule has 0 amide bonds. The minimum atomic E-state index is -4.83. The lowest BCUT2D eigenvalue weighted by molar-refractivity contribution is -0.143. The number of hydrogen-bond acceptors (Lipinski definition) is 7. The highest BCUT2D eigenvalue weighted by molar-refractivity contribution is 7.12. The predicted molar refractivity (Wildman–Crippen MR) is 93.3 cm³/mol. The van der Waals surface area contributed by atoms with Crippen LogP contribution >= 0.6 is 11.3 Å². The number of ether oxygens (including phenoxy) is 2. The first kappa shape index (κ1) is 19.8. The molecule has 3 rings (SSSR count). The topological polar surface area (TPSA) is 86.5 Å². The molecule has 7 nitrogen and oxygen atoms in total. The molecule has 11 heteroatoms. The molecule has 0 unspecified atom stereocenters. The van der Waals surface area contributed by atoms with Gasteiger partial charge in [0.2, 0.25) is 5.13 Å². The van der Waals surface area contributed by atoms with Gasteiger partial charge in [-0.1, -0.05) is 12.1 Å². The Morgan fingerprint density at radius 1 is 1.36 bits per heavy atom. The van der Waals surface area contributed by atoms with E-state index in [1.807, 2.05) is 0 Å². The number of esters is 1. The predicted octanol–water partition coefficient (Wildman–Crippen LogP) is 3.52. The van der Waals surface area contributed by atoms with E-state index in [2.05, 4.69) is 14.8 Å². The third-order valence-corrected chi connectivity index (χ3v) is 4.38. The Balaban J connectivity index is 2.02. The van der Waals surface area contributed by atoms with Crippen LogP contribution in [0.15, 0.2) is 35.8 Å². The van der Waals surface area contributed by atoms with Crippen LogP contribution in [0.25, 0.3) is 16.4 Å². The Morgan fingerprint density at radius 3 is 2.82 bits per heavy atom. The Bertz CT molecular complexity index is 984. The number of aromatic nitrogens is 3. The number of thiazole rings is 1. The highest BCUT2D eigenvalue weighted by Gasteiger charge is 2.41. The fraction of sp³-hybridized carbons (Fsp3) is 0.235. The molecule has 3 aromatic rings. The first-order valence-corrected chi connectivity index (χ1v) is 8.85. The van der Waals surface area contributed by atoms with Gasteiger partial charge in [0, 0.05) is 10.9 Å². The smallest absolute Gasteiger partial charge is 0.434 e. The zero-order valence-corrected chi connectivity index (χ0v) is 15.3. The summed E-state index contributed by atoms with van der Waals surface area (Å²) in [6, 6.07) is 6.56. The van der Waals surface area contributed by atoms with Gasteiger partial charge < -0.3 is 14.6 Å². The number of aliphatic hydroxyl groups is 1. The van der Waals surface area contributed by atoms with E-state index in [1.54, 1.807) is 29.6 Å². The Morgan fingerprint density at radius 2 is 2.14 bits per heavy atom. The van der Waals surface area contributed by atoms with Crippen molar-refractivity contribution in [1.29, 1.82) is 0 Å². The van der Waals surface area contributed by atoms with Crippen molar-refractivity contribution in [3.05, 3.63) is 47.1 Å². The van der Waals surface area contributed by atoms with Gasteiger partial charge in [-0.3, -0.25) is 0 Å². The van der Waals surface area contributed by atoms with Gasteiger partial charge in [-0.05, 0) is 19.1 Å². The molecular formula is C17H14F3N3O4S. The second-order valence-electron chi connectivity index (χ2n) is 5.35. The highest BCUT2D eigenvalue weighted by atomic mass is 32.1. The summed E-state index contributed by atoms with van der Waals surface area (Å²) in [5.74, 6) is -0.721. The van der Waals surface area contributed by atoms with Crippen LogP contribution in [-0.4, -0.2) is 39.2 Å². The number of carbonyl (C=O) groups excluding carboxylic acids is 1. The van der Waals surface area contributed by atoms with Gasteiger partial charge in [-0.15, -0.1) is 11.3 Å². The van der Waals surface area contributed by atoms with Gasteiger partial charge in [0.05, 0.1) is 18.5 Å². The molecule has 0 atom stereocenters. The zero-order chi connectivity index (χ0) is 20.3. The summed E-state index contributed by atoms with van der Waals surface area (Å²) in [4.78, 5) is 16.0. The average molecular weight is 413 g/mol. The van der Waals surface area contributed by atoms with E-state index in [4.69, 9.17) is 9.84 Å². The van der Waals surface area contributed by atoms with Gasteiger partial charge in [0.25, 0.3) is 0 Å². The van der Waals surface area contributed by atoms with Crippen LogP contribution in [0.4, 0.5) is 13.2 Å². The maximum atomic E-state index is 13.6. The summed E-state index contributed by atoms with van der Waals surface area (Å²) in [6.45, 7) is 0.927. The molecular weight excluding hydrogens is 399 g/mol. The lowest BCUT2D eigenvalue weighted by Gasteiger charge is -2.10. The Kier molecular flexibility index (Phi) is 5.66. The number of benzene rings is 1. The van der Waals surface area contributed by atoms with Crippen LogP contribution in [0.5, 0.6) is 5.75 Å². The summed E-state index contributed by atoms with van der Waals surface area (Å²) in [6.07, 6.45) is -4.02. The van der Waals surface area contributed by atoms with Gasteiger partial charge in [-0.2, -0.15) is 18.3 Å². The van der Waals surface area contributed by atoms with Gasteiger partial charge in [0.1, 0.15) is 11.3 Å². The number of hydrogen-bond donors (Lipinski definition) is 1. The summed E-state index contributed by atoms with van der Waals surface area (Å²) >= 11 is 0.932. The zero-order valence-electron chi connectivity index (χ0n) is 14.4. The van der Waals surface area contributed by atoms with Crippen molar-refractivity contribution in [3.8, 4) is 22.1 Å². The van der Waals surface area contributed by atoms with Crippen LogP contribution < -0.4 is 4.74 Å². The van der Waals surface area contributed by atoms with Gasteiger partial charge >= 0.3 is 12.1 Å². The second kappa shape index (κ2) is 7.98. The van der Waals surface area contributed by atoms with Crippen molar-refractivity contribution >= 4 is 17.3 Å². The molecule has 0 bridgehead atoms. The summed E-state index contributed by atoms with van der Waals surface area (Å²) in [5, 5.41) is 14.0. The molecule has 0 fully saturated rings. The molecule has 28 heavy (non-hydrogen) atoms. The number of halogens is 3. The van der Waals surface area contributed by atoms with E-state index in [-0.39, 0.29) is 11.7 Å². The largest absolute Gasteiger partial charge is 0.468 e. The molecule has 1 N–H and O–H groups in total. The summed E-state index contributed by atoms with van der Waals surface area (Å²) in [5.41, 5.74) is -0.946. The van der Waals surface area contributed by atoms with Crippen molar-refractivity contribution in [2.75, 3.05) is 13.4 Å². The molecule has 0 saturated heterocycles. The number of nitrogens with zero attached hydrogens (tertiary/aromatic N) is 3. The summed E-state index contributed by atoms with van der Waals surface area (Å²) in [7, 11) is 0. The number of alkyl halides is 3. The molecule has 0 aliphatic carbocycles. The number of aliphatic hydroxyl groups excluding tert-OH is 1. The number of carbonyl (C=O) groups is 1. The van der Waals surface area contributed by atoms with Crippen molar-refractivity contribution in [2.24, 2.45) is 0 Å². The molecule has 0 aliphatic rings. The fourth-order valence-electron chi connectivity index (χ4n) is 2.44. The third-order valence-electron chi connectivity index (χ3n) is 3.57. The fourth-order valence-corrected chi connectivity index (χ4v) is 3.23. The second-order valence-corrected chi connectivity index (χ2v) is 6.19. The lowest BCUT2D eigenvalue weighted by Crippen LogP contribution is -2.18. The Labute approximate surface area is 161 Å².